The van der Waals surface area contributed by atoms with Crippen molar-refractivity contribution in [1.29, 1.82) is 0 Å². The Morgan fingerprint density at radius 3 is 2.50 bits per heavy atom. The average Bonchev–Trinajstić information content (AvgIpc) is 2.46. The first kappa shape index (κ1) is 12.9. The molecule has 0 fully saturated rings. The summed E-state index contributed by atoms with van der Waals surface area (Å²) in [5.74, 6) is 0.951. The highest BCUT2D eigenvalue weighted by atomic mass is 16.3. The Bertz CT molecular complexity index is 792. The van der Waals surface area contributed by atoms with Crippen LogP contribution in [0.2, 0.25) is 0 Å². The molecule has 0 N–H and O–H groups in total. The van der Waals surface area contributed by atoms with E-state index in [1.165, 1.54) is 10.9 Å². The molecule has 1 heterocycles. The van der Waals surface area contributed by atoms with Crippen molar-refractivity contribution in [3.05, 3.63) is 53.4 Å². The summed E-state index contributed by atoms with van der Waals surface area (Å²) in [5, 5.41) is 2.37. The molecule has 0 bridgehead atoms. The van der Waals surface area contributed by atoms with Gasteiger partial charge in [0.05, 0.1) is 6.07 Å². The van der Waals surface area contributed by atoms with Gasteiger partial charge in [-0.25, -0.2) is 4.58 Å². The van der Waals surface area contributed by atoms with Crippen LogP contribution in [0.3, 0.4) is 0 Å². The van der Waals surface area contributed by atoms with Crippen molar-refractivity contribution in [3.8, 4) is 11.3 Å². The van der Waals surface area contributed by atoms with Crippen molar-refractivity contribution in [3.63, 3.8) is 0 Å². The molecular formula is C18H20NO+. The highest BCUT2D eigenvalue weighted by Gasteiger charge is 2.09. The first-order valence-corrected chi connectivity index (χ1v) is 7.23. The van der Waals surface area contributed by atoms with Crippen LogP contribution in [0.1, 0.15) is 19.4 Å². The molecule has 1 aliphatic carbocycles. The van der Waals surface area contributed by atoms with E-state index < -0.39 is 0 Å². The van der Waals surface area contributed by atoms with Crippen LogP contribution in [0, 0.1) is 6.92 Å². The zero-order valence-electron chi connectivity index (χ0n) is 12.3. The third-order valence-electron chi connectivity index (χ3n) is 3.83. The van der Waals surface area contributed by atoms with Gasteiger partial charge in [-0.2, -0.15) is 0 Å². The van der Waals surface area contributed by atoms with E-state index in [0.29, 0.717) is 0 Å². The van der Waals surface area contributed by atoms with Gasteiger partial charge in [0.15, 0.2) is 0 Å². The predicted molar refractivity (Wildman–Crippen MR) is 83.9 cm³/mol. The third kappa shape index (κ3) is 2.22. The lowest BCUT2D eigenvalue weighted by molar-refractivity contribution is 0.604. The van der Waals surface area contributed by atoms with E-state index in [0.717, 1.165) is 35.4 Å². The van der Waals surface area contributed by atoms with E-state index in [2.05, 4.69) is 67.8 Å². The molecule has 3 rings (SSSR count). The predicted octanol–water partition coefficient (Wildman–Crippen LogP) is 3.66. The van der Waals surface area contributed by atoms with Crippen LogP contribution in [0.5, 0.6) is 0 Å². The number of aryl methyl sites for hydroxylation is 1. The molecule has 0 atom stereocenters. The van der Waals surface area contributed by atoms with Crippen molar-refractivity contribution in [2.75, 3.05) is 13.1 Å². The molecule has 0 amide bonds. The lowest BCUT2D eigenvalue weighted by Gasteiger charge is -2.07. The van der Waals surface area contributed by atoms with Crippen LogP contribution in [0.25, 0.3) is 22.3 Å². The van der Waals surface area contributed by atoms with Gasteiger partial charge in [-0.05, 0) is 44.5 Å². The Labute approximate surface area is 119 Å². The summed E-state index contributed by atoms with van der Waals surface area (Å²) in [6.07, 6.45) is 0. The Kier molecular flexibility index (Phi) is 3.31. The fraction of sp³-hybridized carbons (Fsp3) is 0.278. The van der Waals surface area contributed by atoms with Crippen LogP contribution < -0.4 is 9.93 Å². The Balaban J connectivity index is 2.32. The van der Waals surface area contributed by atoms with Crippen molar-refractivity contribution in [2.45, 2.75) is 20.8 Å². The molecule has 1 aromatic rings. The maximum atomic E-state index is 6.08. The minimum Gasteiger partial charge on any atom is -0.456 e. The van der Waals surface area contributed by atoms with Gasteiger partial charge in [0.1, 0.15) is 24.4 Å². The second kappa shape index (κ2) is 5.12. The number of hydrogen-bond acceptors (Lipinski definition) is 1. The van der Waals surface area contributed by atoms with Gasteiger partial charge >= 0.3 is 0 Å². The molecule has 20 heavy (non-hydrogen) atoms. The lowest BCUT2D eigenvalue weighted by Crippen LogP contribution is -2.29. The second-order valence-corrected chi connectivity index (χ2v) is 5.18. The van der Waals surface area contributed by atoms with Gasteiger partial charge in [0.25, 0.3) is 0 Å². The summed E-state index contributed by atoms with van der Waals surface area (Å²) in [4.78, 5) is 0. The van der Waals surface area contributed by atoms with Crippen LogP contribution in [0.4, 0.5) is 0 Å². The molecule has 0 radical (unpaired) electrons. The summed E-state index contributed by atoms with van der Waals surface area (Å²) in [6, 6.07) is 15.0. The van der Waals surface area contributed by atoms with Crippen molar-refractivity contribution < 1.29 is 4.42 Å². The molecule has 0 saturated carbocycles. The first-order valence-electron chi connectivity index (χ1n) is 7.23. The lowest BCUT2D eigenvalue weighted by atomic mass is 10.1. The van der Waals surface area contributed by atoms with Crippen molar-refractivity contribution >= 4 is 11.0 Å². The first-order chi connectivity index (χ1) is 9.71. The third-order valence-corrected chi connectivity index (χ3v) is 3.83. The summed E-state index contributed by atoms with van der Waals surface area (Å²) in [5.41, 5.74) is 3.33. The number of fused-ring (bicyclic) bond motifs is 2. The van der Waals surface area contributed by atoms with E-state index in [1.54, 1.807) is 0 Å². The van der Waals surface area contributed by atoms with E-state index in [4.69, 9.17) is 4.42 Å². The fourth-order valence-electron chi connectivity index (χ4n) is 2.65. The highest BCUT2D eigenvalue weighted by molar-refractivity contribution is 5.83. The van der Waals surface area contributed by atoms with Gasteiger partial charge in [-0.3, -0.25) is 0 Å². The van der Waals surface area contributed by atoms with Gasteiger partial charge < -0.3 is 4.42 Å². The van der Waals surface area contributed by atoms with Crippen LogP contribution in [-0.2, 0) is 0 Å². The van der Waals surface area contributed by atoms with Gasteiger partial charge in [0, 0.05) is 17.0 Å². The SMILES string of the molecule is CC[N+](CC)=c1ccc2cc3ccc(C)cc3oc-2c1. The summed E-state index contributed by atoms with van der Waals surface area (Å²) in [6.45, 7) is 8.46. The van der Waals surface area contributed by atoms with Gasteiger partial charge in [-0.15, -0.1) is 0 Å². The van der Waals surface area contributed by atoms with E-state index in [-0.39, 0.29) is 0 Å². The average molecular weight is 266 g/mol. The fourth-order valence-corrected chi connectivity index (χ4v) is 2.65. The largest absolute Gasteiger partial charge is 0.456 e. The topological polar surface area (TPSA) is 16.1 Å². The number of benzene rings is 2. The molecule has 2 aliphatic rings. The molecule has 0 unspecified atom stereocenters. The van der Waals surface area contributed by atoms with E-state index in [9.17, 15) is 0 Å². The van der Waals surface area contributed by atoms with Crippen LogP contribution >= 0.6 is 0 Å². The molecule has 2 nitrogen and oxygen atoms in total. The standard InChI is InChI=1S/C18H20NO/c1-4-19(5-2)16-9-8-15-11-14-7-6-13(3)10-17(14)20-18(15)12-16/h6-12H,4-5H2,1-3H3/q+1. The molecular weight excluding hydrogens is 246 g/mol. The molecule has 2 heteroatoms. The molecule has 0 aromatic heterocycles. The van der Waals surface area contributed by atoms with Crippen LogP contribution in [0.15, 0.2) is 46.9 Å². The van der Waals surface area contributed by atoms with Crippen LogP contribution in [-0.4, -0.2) is 13.1 Å². The number of hydrogen-bond donors (Lipinski definition) is 0. The van der Waals surface area contributed by atoms with Gasteiger partial charge in [0.2, 0.25) is 5.36 Å². The molecule has 0 spiro atoms. The Hall–Kier alpha value is -2.09. The minimum absolute atomic E-state index is 0.951. The highest BCUT2D eigenvalue weighted by Crippen LogP contribution is 2.27. The molecule has 102 valence electrons. The monoisotopic (exact) mass is 266 g/mol. The van der Waals surface area contributed by atoms with E-state index >= 15 is 0 Å². The normalized spacial score (nSPS) is 11.2. The smallest absolute Gasteiger partial charge is 0.203 e. The van der Waals surface area contributed by atoms with Crippen molar-refractivity contribution in [2.24, 2.45) is 0 Å². The summed E-state index contributed by atoms with van der Waals surface area (Å²) < 4.78 is 8.41. The quantitative estimate of drug-likeness (QED) is 0.511. The minimum atomic E-state index is 0.951. The maximum Gasteiger partial charge on any atom is 0.203 e. The maximum absolute atomic E-state index is 6.08. The molecule has 1 aromatic carbocycles. The summed E-state index contributed by atoms with van der Waals surface area (Å²) >= 11 is 0. The number of nitrogens with zero attached hydrogens (tertiary/aromatic N) is 1. The Morgan fingerprint density at radius 2 is 1.75 bits per heavy atom. The zero-order valence-corrected chi connectivity index (χ0v) is 12.3. The van der Waals surface area contributed by atoms with E-state index in [1.807, 2.05) is 0 Å². The molecule has 0 saturated heterocycles. The molecule has 1 aliphatic heterocycles. The Morgan fingerprint density at radius 1 is 0.950 bits per heavy atom. The van der Waals surface area contributed by atoms with Crippen molar-refractivity contribution in [1.82, 2.24) is 4.58 Å². The zero-order chi connectivity index (χ0) is 14.1. The summed E-state index contributed by atoms with van der Waals surface area (Å²) in [7, 11) is 0. The van der Waals surface area contributed by atoms with Gasteiger partial charge in [-0.1, -0.05) is 12.1 Å². The number of rotatable bonds is 2. The second-order valence-electron chi connectivity index (χ2n) is 5.18.